The summed E-state index contributed by atoms with van der Waals surface area (Å²) in [4.78, 5) is 72.8. The van der Waals surface area contributed by atoms with Crippen LogP contribution in [0.1, 0.15) is 52.7 Å². The highest BCUT2D eigenvalue weighted by Gasteiger charge is 2.25. The lowest BCUT2D eigenvalue weighted by Crippen LogP contribution is -2.46. The second kappa shape index (κ2) is 22.9. The first kappa shape index (κ1) is 45.0. The molecule has 9 rings (SSSR count). The van der Waals surface area contributed by atoms with E-state index in [0.717, 1.165) is 99.4 Å². The summed E-state index contributed by atoms with van der Waals surface area (Å²) in [5.41, 5.74) is 6.63. The number of carbonyl (C=O) groups excluding carboxylic acids is 5. The third-order valence-corrected chi connectivity index (χ3v) is 12.3. The number of benzene rings is 2. The molecule has 5 fully saturated rings. The van der Waals surface area contributed by atoms with Crippen LogP contribution in [-0.2, 0) is 14.4 Å². The SMILES string of the molecule is C1CCNCC1.Cc1ccc(N2CCN(c3cc(/C=C4\SC(=O)NC4=O)ccn3)CC2)cc1.Cc1ccc(N2CCN(c3cc(C=O)ccn3)CC2)cc1.O=C1CSC(=O)C1. The van der Waals surface area contributed by atoms with Crippen molar-refractivity contribution in [1.82, 2.24) is 20.6 Å². The number of piperidine rings is 1. The largest absolute Gasteiger partial charge is 0.368 e. The molecule has 15 heteroatoms. The minimum Gasteiger partial charge on any atom is -0.368 e. The number of piperazine rings is 2. The zero-order valence-electron chi connectivity index (χ0n) is 34.9. The molecule has 0 spiro atoms. The van der Waals surface area contributed by atoms with Gasteiger partial charge in [0.1, 0.15) is 17.9 Å². The number of aldehydes is 1. The summed E-state index contributed by atoms with van der Waals surface area (Å²) in [7, 11) is 0. The monoisotopic (exact) mass is 862 g/mol. The molecule has 0 radical (unpaired) electrons. The van der Waals surface area contributed by atoms with E-state index in [1.54, 1.807) is 24.5 Å². The van der Waals surface area contributed by atoms with Crippen molar-refractivity contribution in [2.24, 2.45) is 0 Å². The Morgan fingerprint density at radius 1 is 0.623 bits per heavy atom. The third kappa shape index (κ3) is 14.0. The number of rotatable bonds is 6. The average molecular weight is 863 g/mol. The number of hydrogen-bond acceptors (Lipinski definition) is 14. The molecule has 0 aliphatic carbocycles. The Labute approximate surface area is 366 Å². The molecule has 2 aromatic heterocycles. The topological polar surface area (TPSA) is 148 Å². The number of thioether (sulfide) groups is 2. The van der Waals surface area contributed by atoms with Crippen molar-refractivity contribution in [1.29, 1.82) is 0 Å². The van der Waals surface area contributed by atoms with Gasteiger partial charge in [-0.25, -0.2) is 9.97 Å². The van der Waals surface area contributed by atoms with Crippen LogP contribution < -0.4 is 30.2 Å². The highest BCUT2D eigenvalue weighted by Crippen LogP contribution is 2.27. The van der Waals surface area contributed by atoms with Gasteiger partial charge in [0.25, 0.3) is 11.1 Å². The Kier molecular flexibility index (Phi) is 16.9. The van der Waals surface area contributed by atoms with Crippen LogP contribution in [0.15, 0.2) is 90.1 Å². The van der Waals surface area contributed by atoms with Crippen LogP contribution in [0.3, 0.4) is 0 Å². The van der Waals surface area contributed by atoms with Crippen molar-refractivity contribution >= 4 is 80.9 Å². The van der Waals surface area contributed by atoms with Gasteiger partial charge in [-0.15, -0.1) is 0 Å². The molecule has 61 heavy (non-hydrogen) atoms. The van der Waals surface area contributed by atoms with Crippen LogP contribution in [0.5, 0.6) is 0 Å². The van der Waals surface area contributed by atoms with Gasteiger partial charge in [-0.1, -0.05) is 53.6 Å². The predicted octanol–water partition coefficient (Wildman–Crippen LogP) is 6.55. The molecule has 2 amide bonds. The number of nitrogens with one attached hydrogen (secondary N) is 2. The van der Waals surface area contributed by atoms with E-state index < -0.39 is 0 Å². The van der Waals surface area contributed by atoms with E-state index in [0.29, 0.717) is 16.2 Å². The maximum atomic E-state index is 11.7. The summed E-state index contributed by atoms with van der Waals surface area (Å²) < 4.78 is 0. The van der Waals surface area contributed by atoms with Crippen LogP contribution in [0.25, 0.3) is 6.08 Å². The summed E-state index contributed by atoms with van der Waals surface area (Å²) in [6.45, 7) is 14.1. The summed E-state index contributed by atoms with van der Waals surface area (Å²) in [5, 5.41) is 5.25. The number of aryl methyl sites for hydroxylation is 2. The number of Topliss-reactive ketones (excluding diaryl/α,β-unsaturated/α-hetero) is 1. The number of amides is 2. The Bertz CT molecular complexity index is 2120. The number of nitrogens with zero attached hydrogens (tertiary/aromatic N) is 6. The molecular formula is C46H54N8O5S2. The zero-order chi connectivity index (χ0) is 43.0. The van der Waals surface area contributed by atoms with Crippen molar-refractivity contribution in [2.75, 3.05) is 90.8 Å². The fraction of sp³-hybridized carbons (Fsp3) is 0.370. The van der Waals surface area contributed by atoms with Gasteiger partial charge in [-0.2, -0.15) is 0 Å². The molecule has 5 aliphatic rings. The minimum absolute atomic E-state index is 0.0185. The van der Waals surface area contributed by atoms with E-state index in [1.807, 2.05) is 18.2 Å². The van der Waals surface area contributed by atoms with E-state index in [-0.39, 0.29) is 28.5 Å². The second-order valence-electron chi connectivity index (χ2n) is 15.2. The highest BCUT2D eigenvalue weighted by molar-refractivity contribution is 8.18. The molecule has 5 aliphatic heterocycles. The van der Waals surface area contributed by atoms with Crippen LogP contribution >= 0.6 is 23.5 Å². The Hall–Kier alpha value is -5.51. The third-order valence-electron chi connectivity index (χ3n) is 10.6. The zero-order valence-corrected chi connectivity index (χ0v) is 36.5. The van der Waals surface area contributed by atoms with Crippen molar-refractivity contribution in [2.45, 2.75) is 39.5 Å². The van der Waals surface area contributed by atoms with Crippen molar-refractivity contribution in [3.8, 4) is 0 Å². The molecule has 2 N–H and O–H groups in total. The van der Waals surface area contributed by atoms with Crippen LogP contribution in [0, 0.1) is 13.8 Å². The number of ketones is 1. The summed E-state index contributed by atoms with van der Waals surface area (Å²) >= 11 is 2.05. The summed E-state index contributed by atoms with van der Waals surface area (Å²) in [6, 6.07) is 24.7. The molecule has 7 heterocycles. The van der Waals surface area contributed by atoms with Gasteiger partial charge in [-0.3, -0.25) is 29.3 Å². The molecule has 2 aromatic carbocycles. The van der Waals surface area contributed by atoms with Crippen molar-refractivity contribution in [3.63, 3.8) is 0 Å². The standard InChI is InChI=1S/C20H20N4O2S.C17H19N3O.C5H11N.C4H4O2S/c1-14-2-4-16(5-3-14)23-8-10-24(11-9-23)18-13-15(6-7-21-18)12-17-19(25)22-20(26)27-17;1-14-2-4-16(5-3-14)19-8-10-20(11-9-19)17-12-15(13-21)6-7-18-17;1-2-4-6-5-3-1;5-3-1-4(6)7-2-3/h2-7,12-13H,8-11H2,1H3,(H,22,25,26);2-7,12-13H,8-11H2,1H3;6H,1-5H2;1-2H2/b17-12-;;;. The lowest BCUT2D eigenvalue weighted by atomic mass is 10.2. The number of aromatic nitrogens is 2. The first-order valence-electron chi connectivity index (χ1n) is 20.8. The van der Waals surface area contributed by atoms with Crippen molar-refractivity contribution < 1.29 is 24.0 Å². The first-order valence-corrected chi connectivity index (χ1v) is 22.6. The van der Waals surface area contributed by atoms with Crippen LogP contribution in [-0.4, -0.2) is 109 Å². The number of carbonyl (C=O) groups is 5. The molecule has 4 aromatic rings. The van der Waals surface area contributed by atoms with Gasteiger partial charge in [0.05, 0.1) is 17.1 Å². The van der Waals surface area contributed by atoms with Crippen molar-refractivity contribution in [3.05, 3.63) is 112 Å². The number of hydrogen-bond donors (Lipinski definition) is 2. The smallest absolute Gasteiger partial charge is 0.290 e. The summed E-state index contributed by atoms with van der Waals surface area (Å²) in [6.07, 6.45) is 10.4. The molecule has 0 bridgehead atoms. The molecule has 0 saturated carbocycles. The number of anilines is 4. The molecular weight excluding hydrogens is 809 g/mol. The molecule has 320 valence electrons. The van der Waals surface area contributed by atoms with Crippen LogP contribution in [0.4, 0.5) is 27.8 Å². The second-order valence-corrected chi connectivity index (χ2v) is 17.2. The Balaban J connectivity index is 0.000000160. The van der Waals surface area contributed by atoms with E-state index in [1.165, 1.54) is 54.9 Å². The van der Waals surface area contributed by atoms with E-state index in [2.05, 4.69) is 103 Å². The Morgan fingerprint density at radius 3 is 1.49 bits per heavy atom. The fourth-order valence-electron chi connectivity index (χ4n) is 7.07. The van der Waals surface area contributed by atoms with Gasteiger partial charge in [-0.05, 0) is 112 Å². The van der Waals surface area contributed by atoms with E-state index in [4.69, 9.17) is 0 Å². The fourth-order valence-corrected chi connectivity index (χ4v) is 8.44. The first-order chi connectivity index (χ1) is 29.6. The normalized spacial score (nSPS) is 18.4. The quantitative estimate of drug-likeness (QED) is 0.123. The van der Waals surface area contributed by atoms with E-state index in [9.17, 15) is 24.0 Å². The molecule has 0 unspecified atom stereocenters. The van der Waals surface area contributed by atoms with Crippen LogP contribution in [0.2, 0.25) is 0 Å². The molecule has 13 nitrogen and oxygen atoms in total. The lowest BCUT2D eigenvalue weighted by molar-refractivity contribution is -0.120. The maximum Gasteiger partial charge on any atom is 0.290 e. The molecule has 0 atom stereocenters. The highest BCUT2D eigenvalue weighted by atomic mass is 32.2. The number of pyridine rings is 2. The van der Waals surface area contributed by atoms with Gasteiger partial charge in [0, 0.05) is 81.7 Å². The Morgan fingerprint density at radius 2 is 1.11 bits per heavy atom. The maximum absolute atomic E-state index is 11.7. The lowest BCUT2D eigenvalue weighted by Gasteiger charge is -2.36. The predicted molar refractivity (Wildman–Crippen MR) is 248 cm³/mol. The minimum atomic E-state index is -0.338. The van der Waals surface area contributed by atoms with E-state index >= 15 is 0 Å². The number of imide groups is 1. The van der Waals surface area contributed by atoms with Gasteiger partial charge in [0.2, 0.25) is 0 Å². The summed E-state index contributed by atoms with van der Waals surface area (Å²) in [5.74, 6) is 1.91. The van der Waals surface area contributed by atoms with Gasteiger partial charge >= 0.3 is 0 Å². The van der Waals surface area contributed by atoms with Gasteiger partial charge < -0.3 is 24.9 Å². The van der Waals surface area contributed by atoms with Gasteiger partial charge in [0.15, 0.2) is 10.9 Å². The molecule has 5 saturated heterocycles. The average Bonchev–Trinajstić information content (AvgIpc) is 3.85.